The molecule has 1 aliphatic heterocycles. The number of nitrogens with one attached hydrogen (secondary N) is 1. The molecule has 0 saturated heterocycles. The fraction of sp³-hybridized carbons (Fsp3) is 0.250. The van der Waals surface area contributed by atoms with Gasteiger partial charge in [-0.3, -0.25) is 9.59 Å². The van der Waals surface area contributed by atoms with E-state index >= 15 is 0 Å². The zero-order valence-electron chi connectivity index (χ0n) is 16.4. The molecule has 148 valence electrons. The van der Waals surface area contributed by atoms with Crippen molar-refractivity contribution < 1.29 is 14.0 Å². The van der Waals surface area contributed by atoms with E-state index in [4.69, 9.17) is 4.42 Å². The predicted molar refractivity (Wildman–Crippen MR) is 110 cm³/mol. The number of amides is 2. The van der Waals surface area contributed by atoms with Gasteiger partial charge in [0.05, 0.1) is 6.26 Å². The quantitative estimate of drug-likeness (QED) is 0.724. The molecule has 0 saturated carbocycles. The minimum absolute atomic E-state index is 0.137. The lowest BCUT2D eigenvalue weighted by atomic mass is 9.93. The van der Waals surface area contributed by atoms with E-state index in [2.05, 4.69) is 24.4 Å². The van der Waals surface area contributed by atoms with Crippen LogP contribution in [0.15, 0.2) is 77.4 Å². The number of fused-ring (bicyclic) bond motifs is 1. The average Bonchev–Trinajstić information content (AvgIpc) is 3.31. The van der Waals surface area contributed by atoms with Crippen LogP contribution in [0.4, 0.5) is 0 Å². The average molecular weight is 388 g/mol. The van der Waals surface area contributed by atoms with E-state index in [9.17, 15) is 9.59 Å². The molecule has 1 aromatic heterocycles. The number of furan rings is 1. The Morgan fingerprint density at radius 3 is 2.48 bits per heavy atom. The third kappa shape index (κ3) is 4.09. The third-order valence-electron chi connectivity index (χ3n) is 5.50. The summed E-state index contributed by atoms with van der Waals surface area (Å²) in [6.07, 6.45) is 1.97. The van der Waals surface area contributed by atoms with Crippen molar-refractivity contribution in [3.8, 4) is 0 Å². The van der Waals surface area contributed by atoms with Gasteiger partial charge in [-0.05, 0) is 34.7 Å². The summed E-state index contributed by atoms with van der Waals surface area (Å²) in [4.78, 5) is 27.7. The molecular weight excluding hydrogens is 364 g/mol. The Morgan fingerprint density at radius 1 is 1.03 bits per heavy atom. The second-order valence-electron chi connectivity index (χ2n) is 7.46. The second-order valence-corrected chi connectivity index (χ2v) is 7.46. The van der Waals surface area contributed by atoms with Crippen molar-refractivity contribution in [2.24, 2.45) is 0 Å². The third-order valence-corrected chi connectivity index (χ3v) is 5.50. The summed E-state index contributed by atoms with van der Waals surface area (Å²) < 4.78 is 5.30. The summed E-state index contributed by atoms with van der Waals surface area (Å²) in [5, 5.41) is 3.05. The van der Waals surface area contributed by atoms with Crippen LogP contribution in [0.25, 0.3) is 0 Å². The number of hydrogen-bond acceptors (Lipinski definition) is 3. The zero-order chi connectivity index (χ0) is 20.2. The molecule has 29 heavy (non-hydrogen) atoms. The molecule has 2 atom stereocenters. The maximum absolute atomic E-state index is 13.1. The van der Waals surface area contributed by atoms with E-state index in [-0.39, 0.29) is 23.5 Å². The summed E-state index contributed by atoms with van der Waals surface area (Å²) in [5.74, 6) is 0.0352. The molecule has 4 rings (SSSR count). The topological polar surface area (TPSA) is 62.6 Å². The zero-order valence-corrected chi connectivity index (χ0v) is 16.4. The summed E-state index contributed by atoms with van der Waals surface area (Å²) in [6.45, 7) is 2.99. The summed E-state index contributed by atoms with van der Waals surface area (Å²) in [6, 6.07) is 20.8. The Labute approximate surface area is 170 Å². The van der Waals surface area contributed by atoms with Crippen molar-refractivity contribution >= 4 is 11.8 Å². The highest BCUT2D eigenvalue weighted by atomic mass is 16.3. The van der Waals surface area contributed by atoms with Crippen molar-refractivity contribution in [2.75, 3.05) is 6.54 Å². The van der Waals surface area contributed by atoms with Crippen LogP contribution in [-0.4, -0.2) is 29.3 Å². The van der Waals surface area contributed by atoms with E-state index in [1.807, 2.05) is 42.5 Å². The Morgan fingerprint density at radius 2 is 1.76 bits per heavy atom. The molecule has 0 bridgehead atoms. The van der Waals surface area contributed by atoms with E-state index < -0.39 is 6.04 Å². The normalized spacial score (nSPS) is 16.7. The van der Waals surface area contributed by atoms with Gasteiger partial charge in [-0.1, -0.05) is 61.5 Å². The van der Waals surface area contributed by atoms with Crippen molar-refractivity contribution in [3.05, 3.63) is 95.4 Å². The Balaban J connectivity index is 1.52. The van der Waals surface area contributed by atoms with Crippen molar-refractivity contribution in [1.82, 2.24) is 10.2 Å². The number of hydrogen-bond donors (Lipinski definition) is 1. The van der Waals surface area contributed by atoms with Gasteiger partial charge in [-0.2, -0.15) is 0 Å². The van der Waals surface area contributed by atoms with Gasteiger partial charge in [0.1, 0.15) is 6.04 Å². The SMILES string of the molecule is C[C@@H](CNC(=O)[C@H]1Cc2ccccc2CN1C(=O)c1ccco1)c1ccccc1. The van der Waals surface area contributed by atoms with Crippen LogP contribution in [0.5, 0.6) is 0 Å². The summed E-state index contributed by atoms with van der Waals surface area (Å²) in [5.41, 5.74) is 3.34. The minimum Gasteiger partial charge on any atom is -0.459 e. The van der Waals surface area contributed by atoms with Gasteiger partial charge in [0.25, 0.3) is 5.91 Å². The van der Waals surface area contributed by atoms with Crippen LogP contribution in [0.1, 0.15) is 40.1 Å². The Bertz CT molecular complexity index is 982. The van der Waals surface area contributed by atoms with Crippen LogP contribution < -0.4 is 5.32 Å². The molecule has 0 unspecified atom stereocenters. The standard InChI is InChI=1S/C24H24N2O3/c1-17(18-8-3-2-4-9-18)15-25-23(27)21-14-19-10-5-6-11-20(19)16-26(21)24(28)22-12-7-13-29-22/h2-13,17,21H,14-16H2,1H3,(H,25,27)/t17-,21+/m0/s1. The fourth-order valence-corrected chi connectivity index (χ4v) is 3.78. The predicted octanol–water partition coefficient (Wildman–Crippen LogP) is 3.77. The van der Waals surface area contributed by atoms with Gasteiger partial charge in [0.15, 0.2) is 5.76 Å². The van der Waals surface area contributed by atoms with Gasteiger partial charge in [-0.15, -0.1) is 0 Å². The Kier molecular flexibility index (Phi) is 5.47. The van der Waals surface area contributed by atoms with Gasteiger partial charge in [-0.25, -0.2) is 0 Å². The maximum Gasteiger partial charge on any atom is 0.290 e. The molecule has 1 N–H and O–H groups in total. The molecule has 0 fully saturated rings. The molecule has 2 aromatic carbocycles. The number of rotatable bonds is 5. The van der Waals surface area contributed by atoms with Gasteiger partial charge < -0.3 is 14.6 Å². The first kappa shape index (κ1) is 19.0. The van der Waals surface area contributed by atoms with Crippen molar-refractivity contribution in [3.63, 3.8) is 0 Å². The van der Waals surface area contributed by atoms with Crippen LogP contribution in [0, 0.1) is 0 Å². The molecule has 5 heteroatoms. The van der Waals surface area contributed by atoms with Crippen molar-refractivity contribution in [1.29, 1.82) is 0 Å². The molecule has 0 radical (unpaired) electrons. The number of carbonyl (C=O) groups is 2. The second kappa shape index (κ2) is 8.35. The van der Waals surface area contributed by atoms with Gasteiger partial charge >= 0.3 is 0 Å². The first-order chi connectivity index (χ1) is 14.1. The van der Waals surface area contributed by atoms with Crippen LogP contribution in [0.2, 0.25) is 0 Å². The first-order valence-corrected chi connectivity index (χ1v) is 9.87. The fourth-order valence-electron chi connectivity index (χ4n) is 3.78. The molecule has 1 aliphatic rings. The number of nitrogens with zero attached hydrogens (tertiary/aromatic N) is 1. The number of benzene rings is 2. The molecule has 2 amide bonds. The summed E-state index contributed by atoms with van der Waals surface area (Å²) in [7, 11) is 0. The lowest BCUT2D eigenvalue weighted by Crippen LogP contribution is -2.53. The highest BCUT2D eigenvalue weighted by Crippen LogP contribution is 2.25. The summed E-state index contributed by atoms with van der Waals surface area (Å²) >= 11 is 0. The van der Waals surface area contributed by atoms with Crippen LogP contribution in [0.3, 0.4) is 0 Å². The van der Waals surface area contributed by atoms with Crippen LogP contribution in [-0.2, 0) is 17.8 Å². The lowest BCUT2D eigenvalue weighted by Gasteiger charge is -2.35. The van der Waals surface area contributed by atoms with Gasteiger partial charge in [0.2, 0.25) is 5.91 Å². The van der Waals surface area contributed by atoms with Crippen LogP contribution >= 0.6 is 0 Å². The van der Waals surface area contributed by atoms with Gasteiger partial charge in [0, 0.05) is 19.5 Å². The minimum atomic E-state index is -0.564. The smallest absolute Gasteiger partial charge is 0.290 e. The highest BCUT2D eigenvalue weighted by molar-refractivity contribution is 5.96. The first-order valence-electron chi connectivity index (χ1n) is 9.87. The largest absolute Gasteiger partial charge is 0.459 e. The van der Waals surface area contributed by atoms with Crippen molar-refractivity contribution in [2.45, 2.75) is 31.8 Å². The molecule has 3 aromatic rings. The van der Waals surface area contributed by atoms with E-state index in [0.29, 0.717) is 19.5 Å². The monoisotopic (exact) mass is 388 g/mol. The molecular formula is C24H24N2O3. The maximum atomic E-state index is 13.1. The molecule has 2 heterocycles. The molecule has 0 aliphatic carbocycles. The van der Waals surface area contributed by atoms with E-state index in [1.54, 1.807) is 17.0 Å². The van der Waals surface area contributed by atoms with E-state index in [0.717, 1.165) is 11.1 Å². The molecule has 0 spiro atoms. The lowest BCUT2D eigenvalue weighted by molar-refractivity contribution is -0.126. The molecule has 5 nitrogen and oxygen atoms in total. The van der Waals surface area contributed by atoms with E-state index in [1.165, 1.54) is 11.8 Å². The Hall–Kier alpha value is -3.34. The highest BCUT2D eigenvalue weighted by Gasteiger charge is 2.35. The number of carbonyl (C=O) groups excluding carboxylic acids is 2.